The summed E-state index contributed by atoms with van der Waals surface area (Å²) in [6.45, 7) is 4.11. The second-order valence-electron chi connectivity index (χ2n) is 4.12. The molecule has 2 nitrogen and oxygen atoms in total. The number of benzene rings is 1. The quantitative estimate of drug-likeness (QED) is 0.808. The van der Waals surface area contributed by atoms with Crippen molar-refractivity contribution in [3.63, 3.8) is 0 Å². The number of halogens is 1. The highest BCUT2D eigenvalue weighted by Gasteiger charge is 2.10. The van der Waals surface area contributed by atoms with Crippen molar-refractivity contribution < 1.29 is 8.60 Å². The van der Waals surface area contributed by atoms with Gasteiger partial charge in [0.2, 0.25) is 0 Å². The molecule has 0 radical (unpaired) electrons. The lowest BCUT2D eigenvalue weighted by molar-refractivity contribution is 0.606. The van der Waals surface area contributed by atoms with Gasteiger partial charge < -0.3 is 5.73 Å². The molecule has 0 aliphatic heterocycles. The van der Waals surface area contributed by atoms with Gasteiger partial charge >= 0.3 is 0 Å². The molecule has 2 N–H and O–H groups in total. The average molecular weight is 243 g/mol. The Kier molecular flexibility index (Phi) is 4.93. The van der Waals surface area contributed by atoms with E-state index in [9.17, 15) is 8.60 Å². The first kappa shape index (κ1) is 13.2. The van der Waals surface area contributed by atoms with E-state index in [0.29, 0.717) is 22.9 Å². The van der Waals surface area contributed by atoms with Crippen LogP contribution in [0.15, 0.2) is 18.2 Å². The van der Waals surface area contributed by atoms with Gasteiger partial charge in [0.1, 0.15) is 5.82 Å². The van der Waals surface area contributed by atoms with E-state index < -0.39 is 10.8 Å². The lowest BCUT2D eigenvalue weighted by Gasteiger charge is -2.08. The molecule has 0 fully saturated rings. The number of anilines is 1. The second-order valence-corrected chi connectivity index (χ2v) is 5.62. The van der Waals surface area contributed by atoms with Crippen LogP contribution in [-0.4, -0.2) is 9.96 Å². The van der Waals surface area contributed by atoms with E-state index in [1.165, 1.54) is 6.07 Å². The summed E-state index contributed by atoms with van der Waals surface area (Å²) in [5, 5.41) is 0. The summed E-state index contributed by atoms with van der Waals surface area (Å²) in [7, 11) is -0.999. The predicted molar refractivity (Wildman–Crippen MR) is 67.0 cm³/mol. The summed E-state index contributed by atoms with van der Waals surface area (Å²) in [5.41, 5.74) is 6.32. The maximum atomic E-state index is 13.4. The van der Waals surface area contributed by atoms with Crippen LogP contribution in [-0.2, 0) is 16.6 Å². The van der Waals surface area contributed by atoms with Crippen molar-refractivity contribution in [3.05, 3.63) is 29.6 Å². The minimum atomic E-state index is -0.999. The molecule has 16 heavy (non-hydrogen) atoms. The molecule has 0 aliphatic carbocycles. The molecule has 0 bridgehead atoms. The Bertz CT molecular complexity index is 381. The molecule has 1 rings (SSSR count). The van der Waals surface area contributed by atoms with Gasteiger partial charge in [-0.2, -0.15) is 0 Å². The summed E-state index contributed by atoms with van der Waals surface area (Å²) in [6.07, 6.45) is 0.996. The van der Waals surface area contributed by atoms with Crippen LogP contribution in [0.25, 0.3) is 0 Å². The van der Waals surface area contributed by atoms with Crippen LogP contribution < -0.4 is 5.73 Å². The van der Waals surface area contributed by atoms with Crippen LogP contribution in [0, 0.1) is 11.7 Å². The van der Waals surface area contributed by atoms with Crippen molar-refractivity contribution in [2.45, 2.75) is 26.0 Å². The molecule has 0 amide bonds. The van der Waals surface area contributed by atoms with Gasteiger partial charge in [-0.3, -0.25) is 4.21 Å². The highest BCUT2D eigenvalue weighted by molar-refractivity contribution is 7.84. The van der Waals surface area contributed by atoms with Gasteiger partial charge in [0.25, 0.3) is 0 Å². The standard InChI is InChI=1S/C12H18FNOS/c1-3-9(2)7-16(15)8-10-4-5-11(14)6-12(10)13/h4-6,9H,3,7-8,14H2,1-2H3. The van der Waals surface area contributed by atoms with Crippen LogP contribution in [0.5, 0.6) is 0 Å². The minimum absolute atomic E-state index is 0.274. The molecule has 90 valence electrons. The first-order valence-corrected chi connectivity index (χ1v) is 6.90. The van der Waals surface area contributed by atoms with Gasteiger partial charge in [-0.1, -0.05) is 26.3 Å². The van der Waals surface area contributed by atoms with Crippen molar-refractivity contribution in [1.29, 1.82) is 0 Å². The largest absolute Gasteiger partial charge is 0.399 e. The highest BCUT2D eigenvalue weighted by Crippen LogP contribution is 2.15. The summed E-state index contributed by atoms with van der Waals surface area (Å²) in [5.74, 6) is 0.951. The Labute approximate surface area is 98.5 Å². The van der Waals surface area contributed by atoms with Crippen LogP contribution in [0.1, 0.15) is 25.8 Å². The van der Waals surface area contributed by atoms with E-state index >= 15 is 0 Å². The van der Waals surface area contributed by atoms with Gasteiger partial charge in [-0.05, 0) is 18.1 Å². The zero-order chi connectivity index (χ0) is 12.1. The number of hydrogen-bond donors (Lipinski definition) is 1. The molecule has 4 heteroatoms. The van der Waals surface area contributed by atoms with Crippen molar-refractivity contribution in [2.75, 3.05) is 11.5 Å². The second kappa shape index (κ2) is 5.99. The lowest BCUT2D eigenvalue weighted by atomic mass is 10.2. The Morgan fingerprint density at radius 2 is 2.19 bits per heavy atom. The Hall–Kier alpha value is -0.900. The monoisotopic (exact) mass is 243 g/mol. The molecular weight excluding hydrogens is 225 g/mol. The van der Waals surface area contributed by atoms with E-state index in [-0.39, 0.29) is 11.6 Å². The molecule has 0 spiro atoms. The summed E-state index contributed by atoms with van der Waals surface area (Å²) < 4.78 is 25.1. The van der Waals surface area contributed by atoms with Gasteiger partial charge in [-0.15, -0.1) is 0 Å². The first-order chi connectivity index (χ1) is 7.52. The Morgan fingerprint density at radius 1 is 1.50 bits per heavy atom. The van der Waals surface area contributed by atoms with Gasteiger partial charge in [0.05, 0.1) is 5.75 Å². The topological polar surface area (TPSA) is 43.1 Å². The number of rotatable bonds is 5. The van der Waals surface area contributed by atoms with Crippen LogP contribution >= 0.6 is 0 Å². The van der Waals surface area contributed by atoms with Gasteiger partial charge in [0, 0.05) is 27.8 Å². The maximum absolute atomic E-state index is 13.4. The third-order valence-electron chi connectivity index (χ3n) is 2.56. The zero-order valence-corrected chi connectivity index (χ0v) is 10.5. The van der Waals surface area contributed by atoms with Crippen molar-refractivity contribution >= 4 is 16.5 Å². The van der Waals surface area contributed by atoms with Crippen molar-refractivity contribution in [1.82, 2.24) is 0 Å². The molecule has 1 aromatic rings. The molecule has 1 aromatic carbocycles. The third kappa shape index (κ3) is 3.93. The van der Waals surface area contributed by atoms with E-state index in [1.54, 1.807) is 12.1 Å². The van der Waals surface area contributed by atoms with E-state index in [0.717, 1.165) is 6.42 Å². The molecule has 0 aliphatic rings. The molecular formula is C12H18FNOS. The lowest BCUT2D eigenvalue weighted by Crippen LogP contribution is -2.09. The third-order valence-corrected chi connectivity index (χ3v) is 4.13. The fourth-order valence-electron chi connectivity index (χ4n) is 1.35. The van der Waals surface area contributed by atoms with Crippen molar-refractivity contribution in [2.24, 2.45) is 5.92 Å². The fraction of sp³-hybridized carbons (Fsp3) is 0.500. The maximum Gasteiger partial charge on any atom is 0.129 e. The van der Waals surface area contributed by atoms with E-state index in [4.69, 9.17) is 5.73 Å². The number of nitrogen functional groups attached to an aromatic ring is 1. The Balaban J connectivity index is 2.63. The SMILES string of the molecule is CCC(C)CS(=O)Cc1ccc(N)cc1F. The number of nitrogens with two attached hydrogens (primary N) is 1. The van der Waals surface area contributed by atoms with Crippen LogP contribution in [0.2, 0.25) is 0 Å². The Morgan fingerprint density at radius 3 is 2.75 bits per heavy atom. The number of hydrogen-bond acceptors (Lipinski definition) is 2. The highest BCUT2D eigenvalue weighted by atomic mass is 32.2. The fourth-order valence-corrected chi connectivity index (χ4v) is 2.92. The molecule has 0 saturated heterocycles. The smallest absolute Gasteiger partial charge is 0.129 e. The van der Waals surface area contributed by atoms with Crippen LogP contribution in [0.4, 0.5) is 10.1 Å². The van der Waals surface area contributed by atoms with E-state index in [1.807, 2.05) is 0 Å². The average Bonchev–Trinajstić information content (AvgIpc) is 2.22. The molecule has 2 unspecified atom stereocenters. The van der Waals surface area contributed by atoms with Crippen molar-refractivity contribution in [3.8, 4) is 0 Å². The van der Waals surface area contributed by atoms with Gasteiger partial charge in [-0.25, -0.2) is 4.39 Å². The molecule has 2 atom stereocenters. The summed E-state index contributed by atoms with van der Waals surface area (Å²) in [4.78, 5) is 0. The summed E-state index contributed by atoms with van der Waals surface area (Å²) in [6, 6.07) is 4.52. The first-order valence-electron chi connectivity index (χ1n) is 5.41. The predicted octanol–water partition coefficient (Wildman–Crippen LogP) is 2.70. The molecule has 0 heterocycles. The zero-order valence-electron chi connectivity index (χ0n) is 9.70. The normalized spacial score (nSPS) is 14.7. The summed E-state index contributed by atoms with van der Waals surface area (Å²) >= 11 is 0. The van der Waals surface area contributed by atoms with E-state index in [2.05, 4.69) is 13.8 Å². The molecule has 0 saturated carbocycles. The minimum Gasteiger partial charge on any atom is -0.399 e. The van der Waals surface area contributed by atoms with Gasteiger partial charge in [0.15, 0.2) is 0 Å². The molecule has 0 aromatic heterocycles. The van der Waals surface area contributed by atoms with Crippen LogP contribution in [0.3, 0.4) is 0 Å².